The smallest absolute Gasteiger partial charge is 0.279 e. The van der Waals surface area contributed by atoms with Crippen LogP contribution >= 0.6 is 23.2 Å². The highest BCUT2D eigenvalue weighted by molar-refractivity contribution is 6.42. The highest BCUT2D eigenvalue weighted by Gasteiger charge is 2.32. The van der Waals surface area contributed by atoms with Crippen molar-refractivity contribution in [3.8, 4) is 0 Å². The SMILES string of the molecule is C=C1N=C(N=C(Cc2ccc(Cl)c(Cl)c2)NC(=O)C(C)(C)C)N(C(C)C)C1=O. The molecule has 1 aromatic rings. The Morgan fingerprint density at radius 2 is 1.93 bits per heavy atom. The number of halogens is 2. The second-order valence-corrected chi connectivity index (χ2v) is 8.63. The van der Waals surface area contributed by atoms with Gasteiger partial charge >= 0.3 is 0 Å². The quantitative estimate of drug-likeness (QED) is 0.449. The number of guanidine groups is 1. The van der Waals surface area contributed by atoms with Crippen molar-refractivity contribution in [1.82, 2.24) is 10.2 Å². The van der Waals surface area contributed by atoms with Crippen LogP contribution < -0.4 is 5.32 Å². The first-order chi connectivity index (χ1) is 12.9. The van der Waals surface area contributed by atoms with Crippen molar-refractivity contribution in [2.45, 2.75) is 47.1 Å². The topological polar surface area (TPSA) is 74.1 Å². The molecule has 1 N–H and O–H groups in total. The fourth-order valence-corrected chi connectivity index (χ4v) is 2.71. The lowest BCUT2D eigenvalue weighted by Crippen LogP contribution is -2.42. The Bertz CT molecular complexity index is 883. The van der Waals surface area contributed by atoms with Crippen LogP contribution in [-0.2, 0) is 16.0 Å². The van der Waals surface area contributed by atoms with E-state index in [9.17, 15) is 9.59 Å². The first-order valence-electron chi connectivity index (χ1n) is 8.84. The van der Waals surface area contributed by atoms with E-state index in [1.54, 1.807) is 39.0 Å². The van der Waals surface area contributed by atoms with Crippen molar-refractivity contribution in [3.05, 3.63) is 46.1 Å². The molecule has 2 rings (SSSR count). The van der Waals surface area contributed by atoms with E-state index >= 15 is 0 Å². The second-order valence-electron chi connectivity index (χ2n) is 7.82. The normalized spacial score (nSPS) is 15.4. The van der Waals surface area contributed by atoms with Crippen molar-refractivity contribution in [1.29, 1.82) is 0 Å². The molecule has 2 amide bonds. The third kappa shape index (κ3) is 5.20. The lowest BCUT2D eigenvalue weighted by atomic mass is 9.95. The first-order valence-corrected chi connectivity index (χ1v) is 9.60. The maximum atomic E-state index is 12.5. The maximum absolute atomic E-state index is 12.5. The van der Waals surface area contributed by atoms with E-state index in [4.69, 9.17) is 23.2 Å². The number of carbonyl (C=O) groups is 2. The Balaban J connectivity index is 2.42. The molecule has 0 fully saturated rings. The Labute approximate surface area is 175 Å². The summed E-state index contributed by atoms with van der Waals surface area (Å²) in [6, 6.07) is 5.04. The average Bonchev–Trinajstić information content (AvgIpc) is 2.84. The molecule has 0 saturated heterocycles. The number of benzene rings is 1. The second kappa shape index (κ2) is 8.45. The van der Waals surface area contributed by atoms with Gasteiger partial charge in [0, 0.05) is 17.9 Å². The number of nitrogens with one attached hydrogen (secondary N) is 1. The summed E-state index contributed by atoms with van der Waals surface area (Å²) in [5, 5.41) is 3.69. The first kappa shape index (κ1) is 22.1. The minimum Gasteiger partial charge on any atom is -0.313 e. The van der Waals surface area contributed by atoms with E-state index in [2.05, 4.69) is 21.9 Å². The van der Waals surface area contributed by atoms with Gasteiger partial charge in [-0.3, -0.25) is 14.5 Å². The van der Waals surface area contributed by atoms with Gasteiger partial charge < -0.3 is 5.32 Å². The number of rotatable bonds is 3. The predicted molar refractivity (Wildman–Crippen MR) is 114 cm³/mol. The van der Waals surface area contributed by atoms with E-state index in [1.807, 2.05) is 13.8 Å². The van der Waals surface area contributed by atoms with Gasteiger partial charge in [0.25, 0.3) is 5.91 Å². The molecule has 6 nitrogen and oxygen atoms in total. The molecule has 0 aliphatic carbocycles. The number of carbonyl (C=O) groups excluding carboxylic acids is 2. The molecule has 0 spiro atoms. The van der Waals surface area contributed by atoms with Gasteiger partial charge in [-0.25, -0.2) is 4.99 Å². The largest absolute Gasteiger partial charge is 0.313 e. The summed E-state index contributed by atoms with van der Waals surface area (Å²) in [6.45, 7) is 12.8. The van der Waals surface area contributed by atoms with Gasteiger partial charge in [0.05, 0.1) is 10.0 Å². The molecule has 0 unspecified atom stereocenters. The Kier molecular flexibility index (Phi) is 6.67. The zero-order valence-corrected chi connectivity index (χ0v) is 18.1. The Hall–Kier alpha value is -2.18. The Morgan fingerprint density at radius 3 is 2.46 bits per heavy atom. The number of amidine groups is 1. The van der Waals surface area contributed by atoms with Gasteiger partial charge in [-0.1, -0.05) is 56.6 Å². The van der Waals surface area contributed by atoms with Crippen LogP contribution in [0.3, 0.4) is 0 Å². The predicted octanol–water partition coefficient (Wildman–Crippen LogP) is 4.22. The van der Waals surface area contributed by atoms with Crippen LogP contribution in [0.4, 0.5) is 0 Å². The summed E-state index contributed by atoms with van der Waals surface area (Å²) in [4.78, 5) is 34.9. The van der Waals surface area contributed by atoms with Gasteiger partial charge in [0.2, 0.25) is 11.9 Å². The number of hydrogen-bond acceptors (Lipinski definition) is 4. The van der Waals surface area contributed by atoms with Crippen molar-refractivity contribution < 1.29 is 9.59 Å². The summed E-state index contributed by atoms with van der Waals surface area (Å²) in [5.41, 5.74) is 0.304. The summed E-state index contributed by atoms with van der Waals surface area (Å²) < 4.78 is 0. The van der Waals surface area contributed by atoms with Crippen molar-refractivity contribution in [3.63, 3.8) is 0 Å². The molecule has 28 heavy (non-hydrogen) atoms. The van der Waals surface area contributed by atoms with Gasteiger partial charge in [-0.05, 0) is 31.5 Å². The fourth-order valence-electron chi connectivity index (χ4n) is 2.39. The summed E-state index contributed by atoms with van der Waals surface area (Å²) >= 11 is 12.1. The van der Waals surface area contributed by atoms with E-state index in [1.165, 1.54) is 4.90 Å². The van der Waals surface area contributed by atoms with E-state index in [0.717, 1.165) is 5.56 Å². The van der Waals surface area contributed by atoms with Crippen LogP contribution in [0.5, 0.6) is 0 Å². The van der Waals surface area contributed by atoms with Crippen LogP contribution in [0, 0.1) is 5.41 Å². The molecule has 0 saturated carbocycles. The zero-order chi connectivity index (χ0) is 21.2. The van der Waals surface area contributed by atoms with Crippen molar-refractivity contribution in [2.24, 2.45) is 15.4 Å². The monoisotopic (exact) mass is 422 g/mol. The van der Waals surface area contributed by atoms with E-state index < -0.39 is 5.41 Å². The molecule has 1 aliphatic rings. The van der Waals surface area contributed by atoms with Gasteiger partial charge in [-0.15, -0.1) is 0 Å². The van der Waals surface area contributed by atoms with Crippen LogP contribution in [-0.4, -0.2) is 34.6 Å². The number of nitrogens with zero attached hydrogens (tertiary/aromatic N) is 3. The van der Waals surface area contributed by atoms with Crippen molar-refractivity contribution in [2.75, 3.05) is 0 Å². The third-order valence-electron chi connectivity index (χ3n) is 3.96. The molecule has 0 atom stereocenters. The molecular weight excluding hydrogens is 399 g/mol. The molecule has 0 aromatic heterocycles. The molecule has 0 radical (unpaired) electrons. The highest BCUT2D eigenvalue weighted by atomic mass is 35.5. The maximum Gasteiger partial charge on any atom is 0.279 e. The van der Waals surface area contributed by atoms with Gasteiger partial charge in [0.1, 0.15) is 11.5 Å². The molecule has 1 aliphatic heterocycles. The lowest BCUT2D eigenvalue weighted by molar-refractivity contribution is -0.127. The number of amides is 2. The van der Waals surface area contributed by atoms with Crippen LogP contribution in [0.2, 0.25) is 10.0 Å². The standard InChI is InChI=1S/C20H24Cl2N4O2/c1-11(2)26-17(27)12(3)23-19(26)25-16(24-18(28)20(4,5)6)10-13-7-8-14(21)15(22)9-13/h7-9,11H,3,10H2,1-2,4-6H3,(H,23,24,25,28). The number of aliphatic imine (C=N–C) groups is 2. The average molecular weight is 423 g/mol. The molecule has 1 aromatic carbocycles. The third-order valence-corrected chi connectivity index (χ3v) is 4.70. The minimum atomic E-state index is -0.618. The molecule has 8 heteroatoms. The van der Waals surface area contributed by atoms with Crippen molar-refractivity contribution >= 4 is 46.8 Å². The van der Waals surface area contributed by atoms with Gasteiger partial charge in [0.15, 0.2) is 0 Å². The van der Waals surface area contributed by atoms with Crippen LogP contribution in [0.15, 0.2) is 40.5 Å². The number of hydrogen-bond donors (Lipinski definition) is 1. The zero-order valence-electron chi connectivity index (χ0n) is 16.6. The minimum absolute atomic E-state index is 0.114. The molecular formula is C20H24Cl2N4O2. The molecule has 0 bridgehead atoms. The van der Waals surface area contributed by atoms with E-state index in [-0.39, 0.29) is 35.9 Å². The van der Waals surface area contributed by atoms with Crippen LogP contribution in [0.25, 0.3) is 0 Å². The summed E-state index contributed by atoms with van der Waals surface area (Å²) in [6.07, 6.45) is 0.282. The van der Waals surface area contributed by atoms with Gasteiger partial charge in [-0.2, -0.15) is 4.99 Å². The summed E-state index contributed by atoms with van der Waals surface area (Å²) in [7, 11) is 0. The Morgan fingerprint density at radius 1 is 1.29 bits per heavy atom. The fraction of sp³-hybridized carbons (Fsp3) is 0.400. The molecule has 150 valence electrons. The lowest BCUT2D eigenvalue weighted by Gasteiger charge is -2.22. The van der Waals surface area contributed by atoms with Crippen LogP contribution in [0.1, 0.15) is 40.2 Å². The summed E-state index contributed by atoms with van der Waals surface area (Å²) in [5.74, 6) is 0.0513. The van der Waals surface area contributed by atoms with E-state index in [0.29, 0.717) is 15.9 Å². The highest BCUT2D eigenvalue weighted by Crippen LogP contribution is 2.23. The molecule has 1 heterocycles.